The van der Waals surface area contributed by atoms with Gasteiger partial charge in [-0.3, -0.25) is 0 Å². The number of ether oxygens (including phenoxy) is 1. The molecule has 0 aliphatic heterocycles. The Morgan fingerprint density at radius 2 is 2.08 bits per heavy atom. The van der Waals surface area contributed by atoms with Crippen LogP contribution in [0, 0.1) is 0 Å². The number of carboxylic acid groups (broad SMARTS) is 1. The molecular formula is C6H12O5S. The number of carbonyl (C=O) groups is 1. The van der Waals surface area contributed by atoms with Gasteiger partial charge in [-0.15, -0.1) is 0 Å². The Morgan fingerprint density at radius 1 is 1.50 bits per heavy atom. The molecule has 6 heteroatoms. The summed E-state index contributed by atoms with van der Waals surface area (Å²) in [6.07, 6.45) is 0. The molecule has 0 radical (unpaired) electrons. The monoisotopic (exact) mass is 196 g/mol. The first-order valence-corrected chi connectivity index (χ1v) is 5.30. The van der Waals surface area contributed by atoms with E-state index in [4.69, 9.17) is 5.11 Å². The average Bonchev–Trinajstić information content (AvgIpc) is 1.98. The summed E-state index contributed by atoms with van der Waals surface area (Å²) in [7, 11) is -3.04. The molecule has 72 valence electrons. The maximum Gasteiger partial charge on any atom is 0.329 e. The lowest BCUT2D eigenvalue weighted by molar-refractivity contribution is -0.142. The van der Waals surface area contributed by atoms with Gasteiger partial charge in [0.1, 0.15) is 6.61 Å². The third kappa shape index (κ3) is 6.11. The Balaban J connectivity index is 3.51. The van der Waals surface area contributed by atoms with Gasteiger partial charge in [-0.1, -0.05) is 6.92 Å². The molecule has 0 unspecified atom stereocenters. The standard InChI is InChI=1S/C6H12O5S/c1-2-12(9,10)4-3-11-5-6(7)8/h2-5H2,1H3,(H,7,8). The molecular weight excluding hydrogens is 184 g/mol. The first-order chi connectivity index (χ1) is 5.48. The summed E-state index contributed by atoms with van der Waals surface area (Å²) in [5, 5.41) is 8.13. The van der Waals surface area contributed by atoms with Crippen LogP contribution in [0.2, 0.25) is 0 Å². The van der Waals surface area contributed by atoms with Crippen molar-refractivity contribution in [3.8, 4) is 0 Å². The van der Waals surface area contributed by atoms with Crippen LogP contribution in [-0.2, 0) is 19.4 Å². The van der Waals surface area contributed by atoms with Gasteiger partial charge < -0.3 is 9.84 Å². The number of sulfone groups is 1. The van der Waals surface area contributed by atoms with Crippen molar-refractivity contribution in [3.05, 3.63) is 0 Å². The predicted octanol–water partition coefficient (Wildman–Crippen LogP) is -0.478. The Labute approximate surface area is 71.3 Å². The maximum atomic E-state index is 10.8. The van der Waals surface area contributed by atoms with Crippen LogP contribution in [0.15, 0.2) is 0 Å². The zero-order valence-electron chi connectivity index (χ0n) is 6.82. The fraction of sp³-hybridized carbons (Fsp3) is 0.833. The van der Waals surface area contributed by atoms with Gasteiger partial charge in [-0.05, 0) is 0 Å². The van der Waals surface area contributed by atoms with E-state index in [2.05, 4.69) is 4.74 Å². The fourth-order valence-electron chi connectivity index (χ4n) is 0.490. The molecule has 0 aromatic heterocycles. The van der Waals surface area contributed by atoms with Crippen molar-refractivity contribution in [2.75, 3.05) is 24.7 Å². The van der Waals surface area contributed by atoms with E-state index in [-0.39, 0.29) is 18.1 Å². The first-order valence-electron chi connectivity index (χ1n) is 3.48. The molecule has 0 rings (SSSR count). The van der Waals surface area contributed by atoms with Gasteiger partial charge in [0.05, 0.1) is 12.4 Å². The van der Waals surface area contributed by atoms with Crippen LogP contribution < -0.4 is 0 Å². The van der Waals surface area contributed by atoms with E-state index < -0.39 is 22.4 Å². The van der Waals surface area contributed by atoms with Crippen LogP contribution in [0.3, 0.4) is 0 Å². The molecule has 0 bridgehead atoms. The van der Waals surface area contributed by atoms with E-state index in [1.807, 2.05) is 0 Å². The number of carboxylic acids is 1. The SMILES string of the molecule is CCS(=O)(=O)CCOCC(=O)O. The molecule has 0 saturated heterocycles. The highest BCUT2D eigenvalue weighted by atomic mass is 32.2. The lowest BCUT2D eigenvalue weighted by Crippen LogP contribution is -2.16. The summed E-state index contributed by atoms with van der Waals surface area (Å²) < 4.78 is 26.2. The number of hydrogen-bond donors (Lipinski definition) is 1. The van der Waals surface area contributed by atoms with Crippen molar-refractivity contribution in [3.63, 3.8) is 0 Å². The van der Waals surface area contributed by atoms with E-state index in [1.165, 1.54) is 6.92 Å². The molecule has 0 heterocycles. The smallest absolute Gasteiger partial charge is 0.329 e. The van der Waals surface area contributed by atoms with E-state index in [0.29, 0.717) is 0 Å². The van der Waals surface area contributed by atoms with Crippen LogP contribution in [-0.4, -0.2) is 44.2 Å². The summed E-state index contributed by atoms with van der Waals surface area (Å²) in [6, 6.07) is 0. The number of aliphatic carboxylic acids is 1. The zero-order valence-corrected chi connectivity index (χ0v) is 7.63. The Bertz CT molecular complexity index is 230. The maximum absolute atomic E-state index is 10.8. The van der Waals surface area contributed by atoms with E-state index >= 15 is 0 Å². The highest BCUT2D eigenvalue weighted by Gasteiger charge is 2.06. The van der Waals surface area contributed by atoms with Crippen molar-refractivity contribution in [2.45, 2.75) is 6.92 Å². The molecule has 1 N–H and O–H groups in total. The van der Waals surface area contributed by atoms with Crippen LogP contribution >= 0.6 is 0 Å². The highest BCUT2D eigenvalue weighted by molar-refractivity contribution is 7.91. The molecule has 0 amide bonds. The van der Waals surface area contributed by atoms with Crippen molar-refractivity contribution >= 4 is 15.8 Å². The molecule has 0 atom stereocenters. The van der Waals surface area contributed by atoms with Crippen LogP contribution in [0.5, 0.6) is 0 Å². The summed E-state index contributed by atoms with van der Waals surface area (Å²) in [5.41, 5.74) is 0. The molecule has 0 spiro atoms. The fourth-order valence-corrected chi connectivity index (χ4v) is 1.15. The largest absolute Gasteiger partial charge is 0.480 e. The lowest BCUT2D eigenvalue weighted by atomic mass is 10.7. The van der Waals surface area contributed by atoms with E-state index in [0.717, 1.165) is 0 Å². The van der Waals surface area contributed by atoms with Gasteiger partial charge in [0.15, 0.2) is 9.84 Å². The highest BCUT2D eigenvalue weighted by Crippen LogP contribution is 1.89. The second-order valence-electron chi connectivity index (χ2n) is 2.18. The second-order valence-corrected chi connectivity index (χ2v) is 4.66. The van der Waals surface area contributed by atoms with Gasteiger partial charge >= 0.3 is 5.97 Å². The third-order valence-electron chi connectivity index (χ3n) is 1.20. The summed E-state index contributed by atoms with van der Waals surface area (Å²) in [5.74, 6) is -1.15. The molecule has 0 aliphatic rings. The van der Waals surface area contributed by atoms with Gasteiger partial charge in [-0.2, -0.15) is 0 Å². The molecule has 5 nitrogen and oxygen atoms in total. The van der Waals surface area contributed by atoms with Crippen LogP contribution in [0.4, 0.5) is 0 Å². The molecule has 0 aromatic rings. The van der Waals surface area contributed by atoms with Gasteiger partial charge in [0.2, 0.25) is 0 Å². The van der Waals surface area contributed by atoms with Crippen molar-refractivity contribution in [1.82, 2.24) is 0 Å². The molecule has 0 aromatic carbocycles. The topological polar surface area (TPSA) is 80.7 Å². The molecule has 0 fully saturated rings. The Hall–Kier alpha value is -0.620. The van der Waals surface area contributed by atoms with Crippen molar-refractivity contribution < 1.29 is 23.1 Å². The van der Waals surface area contributed by atoms with E-state index in [9.17, 15) is 13.2 Å². The quantitative estimate of drug-likeness (QED) is 0.580. The Morgan fingerprint density at radius 3 is 2.50 bits per heavy atom. The van der Waals surface area contributed by atoms with Crippen molar-refractivity contribution in [2.24, 2.45) is 0 Å². The van der Waals surface area contributed by atoms with Crippen LogP contribution in [0.1, 0.15) is 6.92 Å². The first kappa shape index (κ1) is 11.4. The van der Waals surface area contributed by atoms with Crippen molar-refractivity contribution in [1.29, 1.82) is 0 Å². The minimum absolute atomic E-state index is 0.0531. The minimum atomic E-state index is -3.04. The summed E-state index contributed by atoms with van der Waals surface area (Å²) >= 11 is 0. The summed E-state index contributed by atoms with van der Waals surface area (Å²) in [4.78, 5) is 9.92. The van der Waals surface area contributed by atoms with E-state index in [1.54, 1.807) is 0 Å². The number of hydrogen-bond acceptors (Lipinski definition) is 4. The lowest BCUT2D eigenvalue weighted by Gasteiger charge is -2.00. The average molecular weight is 196 g/mol. The molecule has 0 saturated carbocycles. The zero-order chi connectivity index (χ0) is 9.61. The second kappa shape index (κ2) is 5.10. The third-order valence-corrected chi connectivity index (χ3v) is 2.87. The van der Waals surface area contributed by atoms with Gasteiger partial charge in [-0.25, -0.2) is 13.2 Å². The Kier molecular flexibility index (Phi) is 4.84. The van der Waals surface area contributed by atoms with Gasteiger partial charge in [0, 0.05) is 5.75 Å². The molecule has 12 heavy (non-hydrogen) atoms. The predicted molar refractivity (Wildman–Crippen MR) is 42.8 cm³/mol. The van der Waals surface area contributed by atoms with Gasteiger partial charge in [0.25, 0.3) is 0 Å². The normalized spacial score (nSPS) is 11.4. The number of rotatable bonds is 6. The van der Waals surface area contributed by atoms with Crippen LogP contribution in [0.25, 0.3) is 0 Å². The molecule has 0 aliphatic carbocycles. The summed E-state index contributed by atoms with van der Waals surface area (Å²) in [6.45, 7) is 1.04. The minimum Gasteiger partial charge on any atom is -0.480 e.